The SMILES string of the molecule is O=C(C[C@]1(O)C(=O)N(Cc2ccc(Cl)cc2)c2ccc(Cl)cc21)c1ccc(Cl)s1. The van der Waals surface area contributed by atoms with E-state index in [0.717, 1.165) is 16.9 Å². The van der Waals surface area contributed by atoms with E-state index in [9.17, 15) is 14.7 Å². The van der Waals surface area contributed by atoms with Gasteiger partial charge in [-0.2, -0.15) is 0 Å². The third-order valence-electron chi connectivity index (χ3n) is 4.81. The average molecular weight is 467 g/mol. The zero-order valence-corrected chi connectivity index (χ0v) is 17.9. The molecule has 1 N–H and O–H groups in total. The fourth-order valence-electron chi connectivity index (χ4n) is 3.41. The summed E-state index contributed by atoms with van der Waals surface area (Å²) in [5.74, 6) is -0.933. The topological polar surface area (TPSA) is 57.6 Å². The summed E-state index contributed by atoms with van der Waals surface area (Å²) in [5, 5.41) is 12.3. The van der Waals surface area contributed by atoms with Crippen LogP contribution in [0.3, 0.4) is 0 Å². The lowest BCUT2D eigenvalue weighted by molar-refractivity contribution is -0.136. The standard InChI is InChI=1S/C21H14Cl3NO3S/c22-13-3-1-12(2-4-13)11-25-16-6-5-14(23)9-15(16)21(28,20(25)27)10-17(26)18-7-8-19(24)29-18/h1-9,28H,10-11H2/t21-/m1/s1. The summed E-state index contributed by atoms with van der Waals surface area (Å²) in [7, 11) is 0. The molecule has 3 aromatic rings. The molecule has 29 heavy (non-hydrogen) atoms. The number of rotatable bonds is 5. The number of amides is 1. The Morgan fingerprint density at radius 3 is 2.34 bits per heavy atom. The molecule has 4 rings (SSSR count). The number of hydrogen-bond acceptors (Lipinski definition) is 4. The fraction of sp³-hybridized carbons (Fsp3) is 0.143. The third kappa shape index (κ3) is 3.81. The van der Waals surface area contributed by atoms with Gasteiger partial charge in [-0.05, 0) is 48.0 Å². The van der Waals surface area contributed by atoms with Gasteiger partial charge in [0.1, 0.15) is 0 Å². The number of halogens is 3. The molecule has 1 aliphatic heterocycles. The molecule has 0 saturated heterocycles. The van der Waals surface area contributed by atoms with Crippen molar-refractivity contribution >= 4 is 63.5 Å². The van der Waals surface area contributed by atoms with Crippen LogP contribution < -0.4 is 4.90 Å². The second-order valence-electron chi connectivity index (χ2n) is 6.74. The molecule has 1 amide bonds. The van der Waals surface area contributed by atoms with Gasteiger partial charge in [-0.25, -0.2) is 0 Å². The number of ketones is 1. The second-order valence-corrected chi connectivity index (χ2v) is 9.33. The first kappa shape index (κ1) is 20.4. The van der Waals surface area contributed by atoms with Gasteiger partial charge >= 0.3 is 0 Å². The molecule has 0 aliphatic carbocycles. The van der Waals surface area contributed by atoms with Gasteiger partial charge in [0.25, 0.3) is 5.91 Å². The van der Waals surface area contributed by atoms with E-state index in [1.807, 2.05) is 0 Å². The number of anilines is 1. The van der Waals surface area contributed by atoms with Crippen molar-refractivity contribution in [2.45, 2.75) is 18.6 Å². The maximum atomic E-state index is 13.3. The Balaban J connectivity index is 1.71. The predicted molar refractivity (Wildman–Crippen MR) is 116 cm³/mol. The van der Waals surface area contributed by atoms with Crippen LogP contribution in [0.1, 0.15) is 27.2 Å². The number of nitrogens with zero attached hydrogens (tertiary/aromatic N) is 1. The lowest BCUT2D eigenvalue weighted by Crippen LogP contribution is -2.41. The van der Waals surface area contributed by atoms with Crippen molar-refractivity contribution in [2.24, 2.45) is 0 Å². The second kappa shape index (κ2) is 7.74. The summed E-state index contributed by atoms with van der Waals surface area (Å²) >= 11 is 19.1. The molecular formula is C21H14Cl3NO3S. The Hall–Kier alpha value is -1.89. The summed E-state index contributed by atoms with van der Waals surface area (Å²) in [5.41, 5.74) is -0.321. The minimum absolute atomic E-state index is 0.228. The fourth-order valence-corrected chi connectivity index (χ4v) is 4.69. The molecule has 0 radical (unpaired) electrons. The van der Waals surface area contributed by atoms with Crippen LogP contribution in [-0.4, -0.2) is 16.8 Å². The van der Waals surface area contributed by atoms with Gasteiger partial charge in [0.15, 0.2) is 11.4 Å². The van der Waals surface area contributed by atoms with Crippen LogP contribution >= 0.6 is 46.1 Å². The molecule has 148 valence electrons. The molecule has 2 heterocycles. The molecule has 1 aliphatic rings. The number of fused-ring (bicyclic) bond motifs is 1. The molecule has 0 unspecified atom stereocenters. The number of benzene rings is 2. The number of carbonyl (C=O) groups excluding carboxylic acids is 2. The highest BCUT2D eigenvalue weighted by Gasteiger charge is 2.51. The van der Waals surface area contributed by atoms with E-state index in [1.165, 1.54) is 11.0 Å². The van der Waals surface area contributed by atoms with E-state index in [4.69, 9.17) is 34.8 Å². The van der Waals surface area contributed by atoms with Crippen LogP contribution in [0.25, 0.3) is 0 Å². The molecular weight excluding hydrogens is 453 g/mol. The van der Waals surface area contributed by atoms with Crippen molar-refractivity contribution < 1.29 is 14.7 Å². The first-order chi connectivity index (χ1) is 13.8. The lowest BCUT2D eigenvalue weighted by atomic mass is 9.89. The van der Waals surface area contributed by atoms with Crippen molar-refractivity contribution in [1.82, 2.24) is 0 Å². The Morgan fingerprint density at radius 2 is 1.69 bits per heavy atom. The third-order valence-corrected chi connectivity index (χ3v) is 6.57. The van der Waals surface area contributed by atoms with Crippen LogP contribution in [0.2, 0.25) is 14.4 Å². The van der Waals surface area contributed by atoms with Crippen LogP contribution in [0.5, 0.6) is 0 Å². The normalized spacial score (nSPS) is 18.2. The number of carbonyl (C=O) groups is 2. The molecule has 1 atom stereocenters. The summed E-state index contributed by atoms with van der Waals surface area (Å²) in [6.45, 7) is 0.228. The largest absolute Gasteiger partial charge is 0.375 e. The van der Waals surface area contributed by atoms with Crippen molar-refractivity contribution in [2.75, 3.05) is 4.90 Å². The number of Topliss-reactive ketones (excluding diaryl/α,β-unsaturated/α-hetero) is 1. The van der Waals surface area contributed by atoms with E-state index >= 15 is 0 Å². The highest BCUT2D eigenvalue weighted by atomic mass is 35.5. The smallest absolute Gasteiger partial charge is 0.264 e. The van der Waals surface area contributed by atoms with Crippen LogP contribution in [0.4, 0.5) is 5.69 Å². The van der Waals surface area contributed by atoms with Gasteiger partial charge in [0, 0.05) is 15.6 Å². The summed E-state index contributed by atoms with van der Waals surface area (Å²) < 4.78 is 0.464. The summed E-state index contributed by atoms with van der Waals surface area (Å²) in [6, 6.07) is 15.1. The van der Waals surface area contributed by atoms with Gasteiger partial charge in [0.2, 0.25) is 0 Å². The maximum Gasteiger partial charge on any atom is 0.264 e. The summed E-state index contributed by atoms with van der Waals surface area (Å²) in [4.78, 5) is 27.9. The van der Waals surface area contributed by atoms with Crippen molar-refractivity contribution in [3.05, 3.63) is 85.0 Å². The molecule has 0 fully saturated rings. The number of thiophene rings is 1. The first-order valence-electron chi connectivity index (χ1n) is 8.65. The molecule has 2 aromatic carbocycles. The Kier molecular flexibility index (Phi) is 5.44. The quantitative estimate of drug-likeness (QED) is 0.490. The molecule has 0 saturated carbocycles. The van der Waals surface area contributed by atoms with Gasteiger partial charge in [0.05, 0.1) is 27.9 Å². The zero-order valence-electron chi connectivity index (χ0n) is 14.9. The first-order valence-corrected chi connectivity index (χ1v) is 10.6. The number of aliphatic hydroxyl groups is 1. The van der Waals surface area contributed by atoms with Crippen LogP contribution in [0.15, 0.2) is 54.6 Å². The minimum atomic E-state index is -2.00. The minimum Gasteiger partial charge on any atom is -0.375 e. The van der Waals surface area contributed by atoms with E-state index in [-0.39, 0.29) is 12.3 Å². The van der Waals surface area contributed by atoms with Gasteiger partial charge in [-0.15, -0.1) is 11.3 Å². The monoisotopic (exact) mass is 465 g/mol. The highest BCUT2D eigenvalue weighted by molar-refractivity contribution is 7.18. The van der Waals surface area contributed by atoms with Gasteiger partial charge in [-0.3, -0.25) is 9.59 Å². The zero-order chi connectivity index (χ0) is 20.8. The van der Waals surface area contributed by atoms with E-state index in [0.29, 0.717) is 30.5 Å². The van der Waals surface area contributed by atoms with Crippen molar-refractivity contribution in [3.63, 3.8) is 0 Å². The molecule has 8 heteroatoms. The summed E-state index contributed by atoms with van der Waals surface area (Å²) in [6.07, 6.45) is -0.396. The van der Waals surface area contributed by atoms with Crippen molar-refractivity contribution in [3.8, 4) is 0 Å². The van der Waals surface area contributed by atoms with E-state index < -0.39 is 17.9 Å². The highest BCUT2D eigenvalue weighted by Crippen LogP contribution is 2.45. The Bertz CT molecular complexity index is 1110. The van der Waals surface area contributed by atoms with E-state index in [2.05, 4.69) is 0 Å². The molecule has 0 spiro atoms. The molecule has 4 nitrogen and oxygen atoms in total. The Labute approximate surface area is 186 Å². The van der Waals surface area contributed by atoms with Crippen LogP contribution in [-0.2, 0) is 16.9 Å². The average Bonchev–Trinajstić information content (AvgIpc) is 3.20. The Morgan fingerprint density at radius 1 is 1.00 bits per heavy atom. The molecule has 0 bridgehead atoms. The van der Waals surface area contributed by atoms with Crippen LogP contribution in [0, 0.1) is 0 Å². The molecule has 1 aromatic heterocycles. The van der Waals surface area contributed by atoms with Crippen molar-refractivity contribution in [1.29, 1.82) is 0 Å². The van der Waals surface area contributed by atoms with Gasteiger partial charge < -0.3 is 10.0 Å². The number of hydrogen-bond donors (Lipinski definition) is 1. The van der Waals surface area contributed by atoms with Gasteiger partial charge in [-0.1, -0.05) is 46.9 Å². The maximum absolute atomic E-state index is 13.3. The predicted octanol–water partition coefficient (Wildman–Crippen LogP) is 5.72. The van der Waals surface area contributed by atoms with E-state index in [1.54, 1.807) is 48.5 Å². The lowest BCUT2D eigenvalue weighted by Gasteiger charge is -2.22.